The summed E-state index contributed by atoms with van der Waals surface area (Å²) in [7, 11) is 5.35. The van der Waals surface area contributed by atoms with Crippen LogP contribution in [0.15, 0.2) is 18.2 Å². The number of amides is 2. The number of methoxy groups -OCH3 is 1. The summed E-state index contributed by atoms with van der Waals surface area (Å²) in [5.41, 5.74) is 2.28. The molecular formula is C18H25N5O3. The Kier molecular flexibility index (Phi) is 5.41. The highest BCUT2D eigenvalue weighted by molar-refractivity contribution is 5.98. The average Bonchev–Trinajstić information content (AvgIpc) is 2.94. The summed E-state index contributed by atoms with van der Waals surface area (Å²) in [6.07, 6.45) is 1.14. The second-order valence-electron chi connectivity index (χ2n) is 6.60. The van der Waals surface area contributed by atoms with Crippen LogP contribution in [0.1, 0.15) is 23.2 Å². The highest BCUT2D eigenvalue weighted by Crippen LogP contribution is 2.20. The smallest absolute Gasteiger partial charge is 0.251 e. The van der Waals surface area contributed by atoms with Crippen LogP contribution in [0.4, 0.5) is 5.95 Å². The van der Waals surface area contributed by atoms with Crippen molar-refractivity contribution in [2.24, 2.45) is 7.05 Å². The Morgan fingerprint density at radius 3 is 2.92 bits per heavy atom. The van der Waals surface area contributed by atoms with E-state index >= 15 is 0 Å². The first-order valence-corrected chi connectivity index (χ1v) is 8.73. The summed E-state index contributed by atoms with van der Waals surface area (Å²) in [5.74, 6) is 0.722. The number of carbonyl (C=O) groups excluding carboxylic acids is 2. The predicted molar refractivity (Wildman–Crippen MR) is 99.2 cm³/mol. The zero-order chi connectivity index (χ0) is 18.7. The number of likely N-dealkylation sites (tertiary alicyclic amines) is 1. The number of aryl methyl sites for hydroxylation is 1. The SMILES string of the molecule is COCCNc1nc2cc(C(=O)NC3CCC(=O)N(C)C3)ccc2n1C. The number of nitrogens with one attached hydrogen (secondary N) is 2. The molecule has 2 amide bonds. The van der Waals surface area contributed by atoms with E-state index in [0.29, 0.717) is 38.1 Å². The molecule has 0 spiro atoms. The van der Waals surface area contributed by atoms with Gasteiger partial charge in [0.15, 0.2) is 0 Å². The van der Waals surface area contributed by atoms with Crippen molar-refractivity contribution >= 4 is 28.8 Å². The van der Waals surface area contributed by atoms with Gasteiger partial charge in [-0.15, -0.1) is 0 Å². The number of nitrogens with zero attached hydrogens (tertiary/aromatic N) is 3. The Hall–Kier alpha value is -2.61. The van der Waals surface area contributed by atoms with Gasteiger partial charge < -0.3 is 24.8 Å². The first-order chi connectivity index (χ1) is 12.5. The third-order valence-corrected chi connectivity index (χ3v) is 4.69. The van der Waals surface area contributed by atoms with Gasteiger partial charge in [0.1, 0.15) is 0 Å². The van der Waals surface area contributed by atoms with Crippen molar-refractivity contribution in [1.82, 2.24) is 19.8 Å². The van der Waals surface area contributed by atoms with E-state index in [-0.39, 0.29) is 17.9 Å². The Balaban J connectivity index is 1.71. The van der Waals surface area contributed by atoms with Crippen LogP contribution in [0, 0.1) is 0 Å². The lowest BCUT2D eigenvalue weighted by Gasteiger charge is -2.30. The predicted octanol–water partition coefficient (Wildman–Crippen LogP) is 0.982. The number of aromatic nitrogens is 2. The van der Waals surface area contributed by atoms with E-state index in [2.05, 4.69) is 15.6 Å². The van der Waals surface area contributed by atoms with Crippen molar-refractivity contribution in [2.45, 2.75) is 18.9 Å². The van der Waals surface area contributed by atoms with E-state index < -0.39 is 0 Å². The topological polar surface area (TPSA) is 88.5 Å². The number of fused-ring (bicyclic) bond motifs is 1. The first-order valence-electron chi connectivity index (χ1n) is 8.73. The zero-order valence-corrected chi connectivity index (χ0v) is 15.4. The summed E-state index contributed by atoms with van der Waals surface area (Å²) in [5, 5.41) is 6.23. The molecule has 140 valence electrons. The number of carbonyl (C=O) groups is 2. The number of ether oxygens (including phenoxy) is 1. The molecule has 0 aliphatic carbocycles. The molecular weight excluding hydrogens is 334 g/mol. The number of likely N-dealkylation sites (N-methyl/N-ethyl adjacent to an activating group) is 1. The Morgan fingerprint density at radius 1 is 1.38 bits per heavy atom. The number of anilines is 1. The van der Waals surface area contributed by atoms with Crippen molar-refractivity contribution in [1.29, 1.82) is 0 Å². The van der Waals surface area contributed by atoms with Gasteiger partial charge >= 0.3 is 0 Å². The molecule has 2 heterocycles. The molecule has 26 heavy (non-hydrogen) atoms. The average molecular weight is 359 g/mol. The maximum Gasteiger partial charge on any atom is 0.251 e. The summed E-state index contributed by atoms with van der Waals surface area (Å²) in [6.45, 7) is 1.80. The van der Waals surface area contributed by atoms with E-state index in [9.17, 15) is 9.59 Å². The molecule has 1 aliphatic heterocycles. The second-order valence-corrected chi connectivity index (χ2v) is 6.60. The van der Waals surface area contributed by atoms with Gasteiger partial charge in [-0.25, -0.2) is 4.98 Å². The molecule has 0 saturated carbocycles. The minimum absolute atomic E-state index is 0.0177. The van der Waals surface area contributed by atoms with Gasteiger partial charge in [-0.2, -0.15) is 0 Å². The summed E-state index contributed by atoms with van der Waals surface area (Å²) in [4.78, 5) is 30.3. The highest BCUT2D eigenvalue weighted by atomic mass is 16.5. The third-order valence-electron chi connectivity index (χ3n) is 4.69. The maximum absolute atomic E-state index is 12.6. The van der Waals surface area contributed by atoms with Crippen LogP contribution in [0.3, 0.4) is 0 Å². The number of hydrogen-bond donors (Lipinski definition) is 2. The van der Waals surface area contributed by atoms with E-state index in [1.165, 1.54) is 0 Å². The standard InChI is InChI=1S/C18H25N5O3/c1-22-11-13(5-7-16(22)24)20-17(25)12-4-6-15-14(10-12)21-18(23(15)2)19-8-9-26-3/h4,6,10,13H,5,7-9,11H2,1-3H3,(H,19,21)(H,20,25). The van der Waals surface area contributed by atoms with Gasteiger partial charge in [0.2, 0.25) is 11.9 Å². The molecule has 1 aliphatic rings. The first kappa shape index (κ1) is 18.2. The fraction of sp³-hybridized carbons (Fsp3) is 0.500. The molecule has 1 aromatic heterocycles. The molecule has 8 heteroatoms. The lowest BCUT2D eigenvalue weighted by molar-refractivity contribution is -0.132. The molecule has 1 atom stereocenters. The van der Waals surface area contributed by atoms with Gasteiger partial charge in [0, 0.05) is 52.3 Å². The van der Waals surface area contributed by atoms with E-state index in [0.717, 1.165) is 17.0 Å². The molecule has 0 bridgehead atoms. The molecule has 2 aromatic rings. The fourth-order valence-corrected chi connectivity index (χ4v) is 3.16. The molecule has 1 unspecified atom stereocenters. The van der Waals surface area contributed by atoms with Gasteiger partial charge in [-0.05, 0) is 24.6 Å². The normalized spacial score (nSPS) is 17.6. The van der Waals surface area contributed by atoms with Gasteiger partial charge in [0.25, 0.3) is 5.91 Å². The Bertz CT molecular complexity index is 817. The van der Waals surface area contributed by atoms with Crippen molar-refractivity contribution in [3.05, 3.63) is 23.8 Å². The van der Waals surface area contributed by atoms with Crippen LogP contribution >= 0.6 is 0 Å². The number of piperidine rings is 1. The number of rotatable bonds is 6. The molecule has 2 N–H and O–H groups in total. The van der Waals surface area contributed by atoms with Gasteiger partial charge in [-0.1, -0.05) is 0 Å². The minimum atomic E-state index is -0.140. The van der Waals surface area contributed by atoms with Gasteiger partial charge in [-0.3, -0.25) is 9.59 Å². The number of benzene rings is 1. The maximum atomic E-state index is 12.6. The van der Waals surface area contributed by atoms with Crippen molar-refractivity contribution in [3.63, 3.8) is 0 Å². The fourth-order valence-electron chi connectivity index (χ4n) is 3.16. The third kappa shape index (κ3) is 3.80. The lowest BCUT2D eigenvalue weighted by Crippen LogP contribution is -2.48. The van der Waals surface area contributed by atoms with Crippen LogP contribution < -0.4 is 10.6 Å². The quantitative estimate of drug-likeness (QED) is 0.751. The van der Waals surface area contributed by atoms with Crippen molar-refractivity contribution in [2.75, 3.05) is 39.2 Å². The van der Waals surface area contributed by atoms with E-state index in [4.69, 9.17) is 4.74 Å². The molecule has 1 aromatic carbocycles. The van der Waals surface area contributed by atoms with Crippen molar-refractivity contribution in [3.8, 4) is 0 Å². The van der Waals surface area contributed by atoms with Crippen LogP contribution in [-0.2, 0) is 16.6 Å². The summed E-state index contributed by atoms with van der Waals surface area (Å²) in [6, 6.07) is 5.48. The summed E-state index contributed by atoms with van der Waals surface area (Å²) >= 11 is 0. The molecule has 3 rings (SSSR count). The van der Waals surface area contributed by atoms with E-state index in [1.807, 2.05) is 17.7 Å². The summed E-state index contributed by atoms with van der Waals surface area (Å²) < 4.78 is 6.99. The molecule has 1 fully saturated rings. The van der Waals surface area contributed by atoms with Crippen LogP contribution in [0.5, 0.6) is 0 Å². The molecule has 8 nitrogen and oxygen atoms in total. The largest absolute Gasteiger partial charge is 0.383 e. The van der Waals surface area contributed by atoms with E-state index in [1.54, 1.807) is 31.2 Å². The number of imidazole rings is 1. The molecule has 0 radical (unpaired) electrons. The van der Waals surface area contributed by atoms with Crippen molar-refractivity contribution < 1.29 is 14.3 Å². The Morgan fingerprint density at radius 2 is 2.19 bits per heavy atom. The van der Waals surface area contributed by atoms with Gasteiger partial charge in [0.05, 0.1) is 17.6 Å². The second kappa shape index (κ2) is 7.74. The Labute approximate surface area is 152 Å². The monoisotopic (exact) mass is 359 g/mol. The van der Waals surface area contributed by atoms with Crippen LogP contribution in [0.2, 0.25) is 0 Å². The lowest BCUT2D eigenvalue weighted by atomic mass is 10.0. The molecule has 1 saturated heterocycles. The highest BCUT2D eigenvalue weighted by Gasteiger charge is 2.24. The minimum Gasteiger partial charge on any atom is -0.383 e. The number of hydrogen-bond acceptors (Lipinski definition) is 5. The van der Waals surface area contributed by atoms with Crippen LogP contribution in [-0.4, -0.2) is 66.2 Å². The zero-order valence-electron chi connectivity index (χ0n) is 15.4. The van der Waals surface area contributed by atoms with Crippen LogP contribution in [0.25, 0.3) is 11.0 Å².